The SMILES string of the molecule is CC(C)NC(=O)COc1ccccc1-c1nnc(-c2ccccc2)o1. The Labute approximate surface area is 145 Å². The average molecular weight is 337 g/mol. The van der Waals surface area contributed by atoms with Gasteiger partial charge in [-0.1, -0.05) is 30.3 Å². The van der Waals surface area contributed by atoms with E-state index in [1.165, 1.54) is 0 Å². The van der Waals surface area contributed by atoms with Gasteiger partial charge in [0.15, 0.2) is 6.61 Å². The van der Waals surface area contributed by atoms with Crippen molar-refractivity contribution in [3.05, 3.63) is 54.6 Å². The van der Waals surface area contributed by atoms with Crippen LogP contribution in [0.1, 0.15) is 13.8 Å². The summed E-state index contributed by atoms with van der Waals surface area (Å²) in [6, 6.07) is 16.9. The second kappa shape index (κ2) is 7.61. The van der Waals surface area contributed by atoms with Crippen molar-refractivity contribution in [3.63, 3.8) is 0 Å². The number of amides is 1. The van der Waals surface area contributed by atoms with Gasteiger partial charge in [-0.25, -0.2) is 0 Å². The minimum atomic E-state index is -0.180. The van der Waals surface area contributed by atoms with Crippen LogP contribution in [-0.4, -0.2) is 28.8 Å². The van der Waals surface area contributed by atoms with Crippen molar-refractivity contribution in [1.82, 2.24) is 15.5 Å². The summed E-state index contributed by atoms with van der Waals surface area (Å²) in [5, 5.41) is 11.0. The predicted molar refractivity (Wildman–Crippen MR) is 93.9 cm³/mol. The first-order valence-electron chi connectivity index (χ1n) is 8.04. The monoisotopic (exact) mass is 337 g/mol. The maximum Gasteiger partial charge on any atom is 0.258 e. The maximum absolute atomic E-state index is 11.8. The number of nitrogens with zero attached hydrogens (tertiary/aromatic N) is 2. The lowest BCUT2D eigenvalue weighted by Crippen LogP contribution is -2.34. The van der Waals surface area contributed by atoms with Gasteiger partial charge in [0.25, 0.3) is 11.8 Å². The van der Waals surface area contributed by atoms with Crippen LogP contribution in [0.15, 0.2) is 59.0 Å². The fraction of sp³-hybridized carbons (Fsp3) is 0.211. The van der Waals surface area contributed by atoms with E-state index in [1.54, 1.807) is 6.07 Å². The van der Waals surface area contributed by atoms with Crippen molar-refractivity contribution in [2.45, 2.75) is 19.9 Å². The van der Waals surface area contributed by atoms with Gasteiger partial charge in [-0.2, -0.15) is 0 Å². The number of aromatic nitrogens is 2. The second-order valence-electron chi connectivity index (χ2n) is 5.79. The molecule has 25 heavy (non-hydrogen) atoms. The largest absolute Gasteiger partial charge is 0.483 e. The van der Waals surface area contributed by atoms with Gasteiger partial charge in [-0.15, -0.1) is 10.2 Å². The van der Waals surface area contributed by atoms with Crippen molar-refractivity contribution < 1.29 is 13.9 Å². The van der Waals surface area contributed by atoms with E-state index in [0.29, 0.717) is 23.1 Å². The number of carbonyl (C=O) groups is 1. The highest BCUT2D eigenvalue weighted by Crippen LogP contribution is 2.30. The third-order valence-electron chi connectivity index (χ3n) is 3.37. The average Bonchev–Trinajstić information content (AvgIpc) is 3.10. The van der Waals surface area contributed by atoms with Gasteiger partial charge < -0.3 is 14.5 Å². The number of ether oxygens (including phenoxy) is 1. The van der Waals surface area contributed by atoms with E-state index in [-0.39, 0.29) is 18.6 Å². The van der Waals surface area contributed by atoms with Crippen molar-refractivity contribution in [3.8, 4) is 28.7 Å². The zero-order valence-electron chi connectivity index (χ0n) is 14.1. The smallest absolute Gasteiger partial charge is 0.258 e. The highest BCUT2D eigenvalue weighted by atomic mass is 16.5. The Morgan fingerprint density at radius 2 is 1.72 bits per heavy atom. The summed E-state index contributed by atoms with van der Waals surface area (Å²) in [6.45, 7) is 3.72. The molecule has 3 rings (SSSR count). The lowest BCUT2D eigenvalue weighted by Gasteiger charge is -2.11. The van der Waals surface area contributed by atoms with Crippen molar-refractivity contribution in [2.24, 2.45) is 0 Å². The van der Waals surface area contributed by atoms with Crippen LogP contribution in [-0.2, 0) is 4.79 Å². The van der Waals surface area contributed by atoms with Crippen molar-refractivity contribution in [2.75, 3.05) is 6.61 Å². The van der Waals surface area contributed by atoms with Gasteiger partial charge in [0.2, 0.25) is 5.89 Å². The molecule has 1 aromatic heterocycles. The highest BCUT2D eigenvalue weighted by molar-refractivity contribution is 5.78. The maximum atomic E-state index is 11.8. The molecule has 0 radical (unpaired) electrons. The van der Waals surface area contributed by atoms with Gasteiger partial charge >= 0.3 is 0 Å². The first kappa shape index (κ1) is 16.7. The van der Waals surface area contributed by atoms with Crippen LogP contribution < -0.4 is 10.1 Å². The summed E-state index contributed by atoms with van der Waals surface area (Å²) < 4.78 is 11.4. The van der Waals surface area contributed by atoms with E-state index in [4.69, 9.17) is 9.15 Å². The Morgan fingerprint density at radius 1 is 1.04 bits per heavy atom. The molecule has 2 aromatic carbocycles. The van der Waals surface area contributed by atoms with Gasteiger partial charge in [0.05, 0.1) is 5.56 Å². The molecule has 6 heteroatoms. The van der Waals surface area contributed by atoms with E-state index < -0.39 is 0 Å². The summed E-state index contributed by atoms with van der Waals surface area (Å²) in [5.74, 6) is 1.12. The summed E-state index contributed by atoms with van der Waals surface area (Å²) in [6.07, 6.45) is 0. The molecular weight excluding hydrogens is 318 g/mol. The van der Waals surface area contributed by atoms with Gasteiger partial charge in [-0.05, 0) is 38.1 Å². The Hall–Kier alpha value is -3.15. The van der Waals surface area contributed by atoms with Crippen LogP contribution >= 0.6 is 0 Å². The summed E-state index contributed by atoms with van der Waals surface area (Å²) in [4.78, 5) is 11.8. The standard InChI is InChI=1S/C19H19N3O3/c1-13(2)20-17(23)12-24-16-11-7-6-10-15(16)19-22-21-18(25-19)14-8-4-3-5-9-14/h3-11,13H,12H2,1-2H3,(H,20,23). The van der Waals surface area contributed by atoms with Crippen molar-refractivity contribution in [1.29, 1.82) is 0 Å². The summed E-state index contributed by atoms with van der Waals surface area (Å²) >= 11 is 0. The Kier molecular flexibility index (Phi) is 5.09. The number of para-hydroxylation sites is 1. The van der Waals surface area contributed by atoms with E-state index in [2.05, 4.69) is 15.5 Å². The zero-order chi connectivity index (χ0) is 17.6. The van der Waals surface area contributed by atoms with Crippen LogP contribution in [0.25, 0.3) is 22.9 Å². The van der Waals surface area contributed by atoms with Crippen LogP contribution in [0.5, 0.6) is 5.75 Å². The molecule has 1 heterocycles. The molecule has 0 saturated heterocycles. The highest BCUT2D eigenvalue weighted by Gasteiger charge is 2.15. The molecule has 0 aliphatic heterocycles. The third-order valence-corrected chi connectivity index (χ3v) is 3.37. The van der Waals surface area contributed by atoms with Crippen LogP contribution in [0.3, 0.4) is 0 Å². The van der Waals surface area contributed by atoms with E-state index in [9.17, 15) is 4.79 Å². The van der Waals surface area contributed by atoms with Gasteiger partial charge in [-0.3, -0.25) is 4.79 Å². The molecule has 0 spiro atoms. The molecule has 1 amide bonds. The lowest BCUT2D eigenvalue weighted by atomic mass is 10.2. The number of carbonyl (C=O) groups excluding carboxylic acids is 1. The van der Waals surface area contributed by atoms with Crippen LogP contribution in [0, 0.1) is 0 Å². The van der Waals surface area contributed by atoms with Crippen LogP contribution in [0.2, 0.25) is 0 Å². The first-order valence-corrected chi connectivity index (χ1v) is 8.04. The fourth-order valence-corrected chi connectivity index (χ4v) is 2.31. The molecule has 0 aliphatic carbocycles. The molecule has 0 fully saturated rings. The summed E-state index contributed by atoms with van der Waals surface area (Å²) in [7, 11) is 0. The third kappa shape index (κ3) is 4.23. The van der Waals surface area contributed by atoms with E-state index >= 15 is 0 Å². The Bertz CT molecular complexity index is 844. The topological polar surface area (TPSA) is 77.2 Å². The minimum absolute atomic E-state index is 0.0655. The molecule has 1 N–H and O–H groups in total. The fourth-order valence-electron chi connectivity index (χ4n) is 2.31. The molecule has 128 valence electrons. The molecule has 0 atom stereocenters. The quantitative estimate of drug-likeness (QED) is 0.747. The number of rotatable bonds is 6. The van der Waals surface area contributed by atoms with Gasteiger partial charge in [0, 0.05) is 11.6 Å². The predicted octanol–water partition coefficient (Wildman–Crippen LogP) is 3.31. The number of benzene rings is 2. The number of hydrogen-bond donors (Lipinski definition) is 1. The first-order chi connectivity index (χ1) is 12.1. The van der Waals surface area contributed by atoms with Crippen molar-refractivity contribution >= 4 is 5.91 Å². The molecule has 6 nitrogen and oxygen atoms in total. The number of hydrogen-bond acceptors (Lipinski definition) is 5. The second-order valence-corrected chi connectivity index (χ2v) is 5.79. The molecule has 0 saturated carbocycles. The molecule has 0 unspecified atom stereocenters. The molecule has 3 aromatic rings. The minimum Gasteiger partial charge on any atom is -0.483 e. The van der Waals surface area contributed by atoms with E-state index in [0.717, 1.165) is 5.56 Å². The van der Waals surface area contributed by atoms with Crippen LogP contribution in [0.4, 0.5) is 0 Å². The van der Waals surface area contributed by atoms with E-state index in [1.807, 2.05) is 62.4 Å². The molecule has 0 bridgehead atoms. The normalized spacial score (nSPS) is 10.7. The number of nitrogens with one attached hydrogen (secondary N) is 1. The van der Waals surface area contributed by atoms with Gasteiger partial charge in [0.1, 0.15) is 5.75 Å². The molecular formula is C19H19N3O3. The Balaban J connectivity index is 1.79. The summed E-state index contributed by atoms with van der Waals surface area (Å²) in [5.41, 5.74) is 1.49. The Morgan fingerprint density at radius 3 is 2.48 bits per heavy atom. The lowest BCUT2D eigenvalue weighted by molar-refractivity contribution is -0.123. The molecule has 0 aliphatic rings. The zero-order valence-corrected chi connectivity index (χ0v) is 14.1.